The average Bonchev–Trinajstić information content (AvgIpc) is 2.97. The van der Waals surface area contributed by atoms with Crippen molar-refractivity contribution >= 4 is 23.0 Å². The zero-order valence-corrected chi connectivity index (χ0v) is 16.1. The molecular formula is C19H27N5S. The molecule has 1 fully saturated rings. The molecule has 1 aromatic heterocycles. The molecule has 2 N–H and O–H groups in total. The lowest BCUT2D eigenvalue weighted by Gasteiger charge is -2.35. The minimum absolute atomic E-state index is 0.403. The van der Waals surface area contributed by atoms with Crippen molar-refractivity contribution in [2.45, 2.75) is 39.3 Å². The topological polar surface area (TPSA) is 52.6 Å². The molecule has 0 saturated carbocycles. The van der Waals surface area contributed by atoms with E-state index >= 15 is 0 Å². The van der Waals surface area contributed by atoms with Gasteiger partial charge < -0.3 is 15.5 Å². The second-order valence-electron chi connectivity index (χ2n) is 6.44. The average molecular weight is 358 g/mol. The third-order valence-electron chi connectivity index (χ3n) is 4.59. The lowest BCUT2D eigenvalue weighted by Crippen LogP contribution is -2.51. The number of benzene rings is 1. The monoisotopic (exact) mass is 357 g/mol. The highest BCUT2D eigenvalue weighted by Crippen LogP contribution is 2.19. The van der Waals surface area contributed by atoms with Crippen LogP contribution in [0.5, 0.6) is 0 Å². The summed E-state index contributed by atoms with van der Waals surface area (Å²) in [5.41, 5.74) is 2.42. The summed E-state index contributed by atoms with van der Waals surface area (Å²) in [5, 5.41) is 8.07. The Morgan fingerprint density at radius 2 is 2.12 bits per heavy atom. The first-order valence-electron chi connectivity index (χ1n) is 8.86. The van der Waals surface area contributed by atoms with Gasteiger partial charge in [0.2, 0.25) is 0 Å². The van der Waals surface area contributed by atoms with Crippen molar-refractivity contribution < 1.29 is 0 Å². The van der Waals surface area contributed by atoms with Crippen LogP contribution in [0.25, 0.3) is 0 Å². The fraction of sp³-hybridized carbons (Fsp3) is 0.474. The molecule has 3 rings (SSSR count). The molecule has 1 unspecified atom stereocenters. The van der Waals surface area contributed by atoms with Gasteiger partial charge in [-0.15, -0.1) is 11.3 Å². The Morgan fingerprint density at radius 3 is 2.80 bits per heavy atom. The summed E-state index contributed by atoms with van der Waals surface area (Å²) in [6, 6.07) is 11.0. The molecule has 0 radical (unpaired) electrons. The van der Waals surface area contributed by atoms with Gasteiger partial charge >= 0.3 is 0 Å². The summed E-state index contributed by atoms with van der Waals surface area (Å²) < 4.78 is 0. The van der Waals surface area contributed by atoms with Crippen LogP contribution in [0.3, 0.4) is 0 Å². The Hall–Kier alpha value is -2.08. The van der Waals surface area contributed by atoms with Gasteiger partial charge in [-0.1, -0.05) is 18.2 Å². The van der Waals surface area contributed by atoms with E-state index in [1.165, 1.54) is 23.4 Å². The second-order valence-corrected chi connectivity index (χ2v) is 7.73. The van der Waals surface area contributed by atoms with Crippen molar-refractivity contribution in [1.29, 1.82) is 0 Å². The molecule has 134 valence electrons. The molecule has 1 aromatic carbocycles. The number of para-hydroxylation sites is 1. The summed E-state index contributed by atoms with van der Waals surface area (Å²) in [4.78, 5) is 12.7. The number of rotatable bonds is 4. The quantitative estimate of drug-likeness (QED) is 0.652. The molecule has 1 aliphatic heterocycles. The Bertz CT molecular complexity index is 690. The molecule has 0 amide bonds. The molecule has 0 bridgehead atoms. The molecule has 1 atom stereocenters. The van der Waals surface area contributed by atoms with Crippen LogP contribution < -0.4 is 15.5 Å². The van der Waals surface area contributed by atoms with Gasteiger partial charge in [0, 0.05) is 36.7 Å². The SMILES string of the molecule is CN=C(NCc1nc(C)c(C)s1)NC1CCCN(c2ccccc2)C1. The standard InChI is InChI=1S/C19H27N5S/c1-14-15(2)25-18(22-14)12-21-19(20-3)23-16-8-7-11-24(13-16)17-9-5-4-6-10-17/h4-6,9-10,16H,7-8,11-13H2,1-3H3,(H2,20,21,23). The summed E-state index contributed by atoms with van der Waals surface area (Å²) in [6.45, 7) is 7.01. The van der Waals surface area contributed by atoms with E-state index in [1.807, 2.05) is 7.05 Å². The molecule has 0 spiro atoms. The number of aryl methyl sites for hydroxylation is 2. The number of nitrogens with zero attached hydrogens (tertiary/aromatic N) is 3. The fourth-order valence-corrected chi connectivity index (χ4v) is 4.00. The summed E-state index contributed by atoms with van der Waals surface area (Å²) in [5.74, 6) is 0.852. The van der Waals surface area contributed by atoms with Crippen molar-refractivity contribution in [2.75, 3.05) is 25.0 Å². The van der Waals surface area contributed by atoms with Gasteiger partial charge in [0.25, 0.3) is 0 Å². The van der Waals surface area contributed by atoms with Crippen molar-refractivity contribution in [2.24, 2.45) is 4.99 Å². The van der Waals surface area contributed by atoms with E-state index in [9.17, 15) is 0 Å². The molecule has 25 heavy (non-hydrogen) atoms. The fourth-order valence-electron chi connectivity index (χ4n) is 3.13. The van der Waals surface area contributed by atoms with E-state index in [-0.39, 0.29) is 0 Å². The first-order valence-corrected chi connectivity index (χ1v) is 9.67. The number of thiazole rings is 1. The normalized spacial score (nSPS) is 18.3. The first kappa shape index (κ1) is 17.7. The van der Waals surface area contributed by atoms with E-state index < -0.39 is 0 Å². The van der Waals surface area contributed by atoms with Crippen LogP contribution in [-0.2, 0) is 6.54 Å². The first-order chi connectivity index (χ1) is 12.2. The molecule has 5 nitrogen and oxygen atoms in total. The second kappa shape index (κ2) is 8.34. The molecule has 1 saturated heterocycles. The van der Waals surface area contributed by atoms with E-state index in [2.05, 4.69) is 69.7 Å². The molecule has 0 aliphatic carbocycles. The maximum absolute atomic E-state index is 4.58. The van der Waals surface area contributed by atoms with E-state index in [4.69, 9.17) is 0 Å². The van der Waals surface area contributed by atoms with Gasteiger partial charge in [0.15, 0.2) is 5.96 Å². The van der Waals surface area contributed by atoms with Crippen LogP contribution in [0, 0.1) is 13.8 Å². The highest BCUT2D eigenvalue weighted by molar-refractivity contribution is 7.11. The van der Waals surface area contributed by atoms with Gasteiger partial charge in [0.05, 0.1) is 12.2 Å². The highest BCUT2D eigenvalue weighted by atomic mass is 32.1. The number of guanidine groups is 1. The lowest BCUT2D eigenvalue weighted by atomic mass is 10.1. The van der Waals surface area contributed by atoms with Crippen molar-refractivity contribution in [1.82, 2.24) is 15.6 Å². The van der Waals surface area contributed by atoms with Crippen molar-refractivity contribution in [3.05, 3.63) is 45.9 Å². The summed E-state index contributed by atoms with van der Waals surface area (Å²) in [7, 11) is 1.82. The Morgan fingerprint density at radius 1 is 1.32 bits per heavy atom. The maximum atomic E-state index is 4.58. The van der Waals surface area contributed by atoms with Crippen LogP contribution in [0.1, 0.15) is 28.4 Å². The lowest BCUT2D eigenvalue weighted by molar-refractivity contribution is 0.468. The van der Waals surface area contributed by atoms with E-state index in [0.29, 0.717) is 12.6 Å². The van der Waals surface area contributed by atoms with E-state index in [0.717, 1.165) is 29.8 Å². The number of aromatic nitrogens is 1. The minimum atomic E-state index is 0.403. The van der Waals surface area contributed by atoms with Crippen molar-refractivity contribution in [3.63, 3.8) is 0 Å². The summed E-state index contributed by atoms with van der Waals surface area (Å²) >= 11 is 1.75. The highest BCUT2D eigenvalue weighted by Gasteiger charge is 2.21. The third kappa shape index (κ3) is 4.72. The van der Waals surface area contributed by atoms with Crippen LogP contribution in [0.15, 0.2) is 35.3 Å². The number of nitrogens with one attached hydrogen (secondary N) is 2. The minimum Gasteiger partial charge on any atom is -0.369 e. The molecule has 2 heterocycles. The zero-order chi connectivity index (χ0) is 17.6. The Balaban J connectivity index is 1.54. The Kier molecular flexibility index (Phi) is 5.91. The molecule has 2 aromatic rings. The molecule has 1 aliphatic rings. The van der Waals surface area contributed by atoms with Gasteiger partial charge in [0.1, 0.15) is 5.01 Å². The van der Waals surface area contributed by atoms with Gasteiger partial charge in [-0.2, -0.15) is 0 Å². The third-order valence-corrected chi connectivity index (χ3v) is 5.66. The number of anilines is 1. The van der Waals surface area contributed by atoms with Gasteiger partial charge in [-0.3, -0.25) is 4.99 Å². The van der Waals surface area contributed by atoms with E-state index in [1.54, 1.807) is 11.3 Å². The number of aliphatic imine (C=N–C) groups is 1. The largest absolute Gasteiger partial charge is 0.369 e. The van der Waals surface area contributed by atoms with Crippen LogP contribution in [0.4, 0.5) is 5.69 Å². The smallest absolute Gasteiger partial charge is 0.191 e. The summed E-state index contributed by atoms with van der Waals surface area (Å²) in [6.07, 6.45) is 2.36. The number of piperidine rings is 1. The Labute approximate surface area is 154 Å². The number of hydrogen-bond donors (Lipinski definition) is 2. The predicted octanol–water partition coefficient (Wildman–Crippen LogP) is 3.09. The van der Waals surface area contributed by atoms with Gasteiger partial charge in [-0.25, -0.2) is 4.98 Å². The zero-order valence-electron chi connectivity index (χ0n) is 15.2. The van der Waals surface area contributed by atoms with Gasteiger partial charge in [-0.05, 0) is 38.8 Å². The molecular weight excluding hydrogens is 330 g/mol. The number of hydrogen-bond acceptors (Lipinski definition) is 4. The predicted molar refractivity (Wildman–Crippen MR) is 107 cm³/mol. The maximum Gasteiger partial charge on any atom is 0.191 e. The van der Waals surface area contributed by atoms with Crippen LogP contribution in [0.2, 0.25) is 0 Å². The van der Waals surface area contributed by atoms with Crippen LogP contribution in [-0.4, -0.2) is 37.1 Å². The van der Waals surface area contributed by atoms with Crippen molar-refractivity contribution in [3.8, 4) is 0 Å². The molecule has 6 heteroatoms. The van der Waals surface area contributed by atoms with Crippen LogP contribution >= 0.6 is 11.3 Å².